The van der Waals surface area contributed by atoms with Crippen molar-refractivity contribution in [2.45, 2.75) is 46.1 Å². The third-order valence-electron chi connectivity index (χ3n) is 1.69. The molecule has 2 N–H and O–H groups in total. The first kappa shape index (κ1) is 12.9. The predicted octanol–water partition coefficient (Wildman–Crippen LogP) is 1.23. The maximum Gasteiger partial charge on any atom is 0.306 e. The Labute approximate surface area is 84.8 Å². The lowest BCUT2D eigenvalue weighted by atomic mass is 10.1. The molecule has 0 bridgehead atoms. The molecule has 82 valence electrons. The van der Waals surface area contributed by atoms with Gasteiger partial charge in [0.05, 0.1) is 0 Å². The van der Waals surface area contributed by atoms with E-state index >= 15 is 0 Å². The van der Waals surface area contributed by atoms with Crippen molar-refractivity contribution in [1.82, 2.24) is 0 Å². The van der Waals surface area contributed by atoms with Crippen LogP contribution in [0.2, 0.25) is 0 Å². The minimum atomic E-state index is -0.465. The zero-order chi connectivity index (χ0) is 11.4. The van der Waals surface area contributed by atoms with Gasteiger partial charge in [-0.3, -0.25) is 9.59 Å². The molecule has 0 saturated heterocycles. The van der Waals surface area contributed by atoms with Crippen molar-refractivity contribution >= 4 is 11.9 Å². The molecule has 0 spiro atoms. The highest BCUT2D eigenvalue weighted by molar-refractivity contribution is 5.77. The van der Waals surface area contributed by atoms with Crippen LogP contribution in [0, 0.1) is 5.92 Å². The third-order valence-corrected chi connectivity index (χ3v) is 1.69. The Morgan fingerprint density at radius 3 is 2.21 bits per heavy atom. The smallest absolute Gasteiger partial charge is 0.306 e. The van der Waals surface area contributed by atoms with Crippen molar-refractivity contribution in [2.24, 2.45) is 11.7 Å². The van der Waals surface area contributed by atoms with Crippen molar-refractivity contribution < 1.29 is 14.3 Å². The molecule has 14 heavy (non-hydrogen) atoms. The number of amides is 1. The molecule has 1 atom stereocenters. The molecule has 0 radical (unpaired) electrons. The summed E-state index contributed by atoms with van der Waals surface area (Å²) in [6.07, 6.45) is 0.686. The standard InChI is InChI=1S/C10H19NO3/c1-7(9(11)13)5-6-8(12)14-10(2,3)4/h7H,5-6H2,1-4H3,(H2,11,13). The van der Waals surface area contributed by atoms with E-state index in [1.807, 2.05) is 20.8 Å². The Kier molecular flexibility index (Phi) is 4.60. The van der Waals surface area contributed by atoms with E-state index in [9.17, 15) is 9.59 Å². The van der Waals surface area contributed by atoms with Crippen LogP contribution >= 0.6 is 0 Å². The average molecular weight is 201 g/mol. The maximum absolute atomic E-state index is 11.2. The van der Waals surface area contributed by atoms with Crippen molar-refractivity contribution in [2.75, 3.05) is 0 Å². The number of hydrogen-bond donors (Lipinski definition) is 1. The van der Waals surface area contributed by atoms with Gasteiger partial charge in [0, 0.05) is 12.3 Å². The van der Waals surface area contributed by atoms with Crippen molar-refractivity contribution in [1.29, 1.82) is 0 Å². The van der Waals surface area contributed by atoms with Gasteiger partial charge in [-0.25, -0.2) is 0 Å². The van der Waals surface area contributed by atoms with Gasteiger partial charge < -0.3 is 10.5 Å². The fourth-order valence-corrected chi connectivity index (χ4v) is 0.869. The van der Waals surface area contributed by atoms with Gasteiger partial charge in [-0.1, -0.05) is 6.92 Å². The van der Waals surface area contributed by atoms with Gasteiger partial charge in [0.1, 0.15) is 5.60 Å². The molecule has 0 aliphatic heterocycles. The first-order valence-corrected chi connectivity index (χ1v) is 4.73. The lowest BCUT2D eigenvalue weighted by molar-refractivity contribution is -0.155. The molecule has 0 rings (SSSR count). The molecule has 0 aliphatic rings. The van der Waals surface area contributed by atoms with Crippen molar-refractivity contribution in [3.05, 3.63) is 0 Å². The van der Waals surface area contributed by atoms with Crippen LogP contribution in [0.4, 0.5) is 0 Å². The summed E-state index contributed by atoms with van der Waals surface area (Å²) in [7, 11) is 0. The molecule has 0 fully saturated rings. The lowest BCUT2D eigenvalue weighted by Gasteiger charge is -2.19. The van der Waals surface area contributed by atoms with Crippen molar-refractivity contribution in [3.8, 4) is 0 Å². The second kappa shape index (κ2) is 4.98. The van der Waals surface area contributed by atoms with Gasteiger partial charge in [0.15, 0.2) is 0 Å². The summed E-state index contributed by atoms with van der Waals surface area (Å²) < 4.78 is 5.08. The van der Waals surface area contributed by atoms with E-state index in [0.29, 0.717) is 6.42 Å². The van der Waals surface area contributed by atoms with E-state index in [1.54, 1.807) is 6.92 Å². The van der Waals surface area contributed by atoms with E-state index in [2.05, 4.69) is 0 Å². The van der Waals surface area contributed by atoms with Crippen molar-refractivity contribution in [3.63, 3.8) is 0 Å². The van der Waals surface area contributed by atoms with Gasteiger partial charge in [-0.15, -0.1) is 0 Å². The normalized spacial score (nSPS) is 13.4. The fraction of sp³-hybridized carbons (Fsp3) is 0.800. The fourth-order valence-electron chi connectivity index (χ4n) is 0.869. The highest BCUT2D eigenvalue weighted by Gasteiger charge is 2.17. The second-order valence-electron chi connectivity index (χ2n) is 4.43. The quantitative estimate of drug-likeness (QED) is 0.695. The van der Waals surface area contributed by atoms with Gasteiger partial charge in [0.25, 0.3) is 0 Å². The topological polar surface area (TPSA) is 69.4 Å². The zero-order valence-electron chi connectivity index (χ0n) is 9.29. The van der Waals surface area contributed by atoms with Crippen LogP contribution in [0.15, 0.2) is 0 Å². The molecule has 0 heterocycles. The Bertz CT molecular complexity index is 218. The van der Waals surface area contributed by atoms with Crippen LogP contribution < -0.4 is 5.73 Å². The number of esters is 1. The van der Waals surface area contributed by atoms with Crippen LogP contribution in [-0.4, -0.2) is 17.5 Å². The molecule has 4 heteroatoms. The van der Waals surface area contributed by atoms with Gasteiger partial charge in [-0.05, 0) is 27.2 Å². The molecule has 1 amide bonds. The van der Waals surface area contributed by atoms with Crippen LogP contribution in [0.25, 0.3) is 0 Å². The SMILES string of the molecule is CC(CCC(=O)OC(C)(C)C)C(N)=O. The number of carbonyl (C=O) groups excluding carboxylic acids is 2. The maximum atomic E-state index is 11.2. The molecule has 4 nitrogen and oxygen atoms in total. The zero-order valence-corrected chi connectivity index (χ0v) is 9.29. The highest BCUT2D eigenvalue weighted by atomic mass is 16.6. The minimum absolute atomic E-state index is 0.237. The predicted molar refractivity (Wildman–Crippen MR) is 53.4 cm³/mol. The largest absolute Gasteiger partial charge is 0.460 e. The van der Waals surface area contributed by atoms with E-state index in [4.69, 9.17) is 10.5 Å². The summed E-state index contributed by atoms with van der Waals surface area (Å²) in [4.78, 5) is 21.9. The molecule has 0 saturated carbocycles. The Morgan fingerprint density at radius 1 is 1.36 bits per heavy atom. The Hall–Kier alpha value is -1.06. The summed E-state index contributed by atoms with van der Waals surface area (Å²) in [5.41, 5.74) is 4.59. The molecule has 0 aromatic heterocycles. The van der Waals surface area contributed by atoms with Crippen LogP contribution in [0.1, 0.15) is 40.5 Å². The molecule has 0 aromatic rings. The molecular weight excluding hydrogens is 182 g/mol. The summed E-state index contributed by atoms with van der Waals surface area (Å²) in [5.74, 6) is -0.943. The minimum Gasteiger partial charge on any atom is -0.460 e. The first-order valence-electron chi connectivity index (χ1n) is 4.73. The summed E-state index contributed by atoms with van der Waals surface area (Å²) in [5, 5.41) is 0. The molecule has 0 aromatic carbocycles. The van der Waals surface area contributed by atoms with Crippen LogP contribution in [-0.2, 0) is 14.3 Å². The third kappa shape index (κ3) is 6.46. The number of carbonyl (C=O) groups is 2. The van der Waals surface area contributed by atoms with E-state index < -0.39 is 5.60 Å². The van der Waals surface area contributed by atoms with E-state index in [1.165, 1.54) is 0 Å². The number of hydrogen-bond acceptors (Lipinski definition) is 3. The molecule has 0 aliphatic carbocycles. The second-order valence-corrected chi connectivity index (χ2v) is 4.43. The van der Waals surface area contributed by atoms with Crippen LogP contribution in [0.3, 0.4) is 0 Å². The lowest BCUT2D eigenvalue weighted by Crippen LogP contribution is -2.25. The van der Waals surface area contributed by atoms with E-state index in [-0.39, 0.29) is 24.2 Å². The number of rotatable bonds is 4. The van der Waals surface area contributed by atoms with E-state index in [0.717, 1.165) is 0 Å². The van der Waals surface area contributed by atoms with Gasteiger partial charge in [-0.2, -0.15) is 0 Å². The number of primary amides is 1. The summed E-state index contributed by atoms with van der Waals surface area (Å²) >= 11 is 0. The monoisotopic (exact) mass is 201 g/mol. The average Bonchev–Trinajstić information content (AvgIpc) is 1.96. The molecule has 1 unspecified atom stereocenters. The molecular formula is C10H19NO3. The highest BCUT2D eigenvalue weighted by Crippen LogP contribution is 2.11. The first-order chi connectivity index (χ1) is 6.22. The Morgan fingerprint density at radius 2 is 1.86 bits per heavy atom. The Balaban J connectivity index is 3.81. The summed E-state index contributed by atoms with van der Waals surface area (Å²) in [6.45, 7) is 7.12. The number of nitrogens with two attached hydrogens (primary N) is 1. The summed E-state index contributed by atoms with van der Waals surface area (Å²) in [6, 6.07) is 0. The van der Waals surface area contributed by atoms with Gasteiger partial charge in [0.2, 0.25) is 5.91 Å². The number of ether oxygens (including phenoxy) is 1. The van der Waals surface area contributed by atoms with Gasteiger partial charge >= 0.3 is 5.97 Å². The van der Waals surface area contributed by atoms with Crippen LogP contribution in [0.5, 0.6) is 0 Å².